The first kappa shape index (κ1) is 33.3. The molecule has 0 saturated heterocycles. The number of carbonyl (C=O) groups excluding carboxylic acids is 2. The molecule has 8 heteroatoms. The Bertz CT molecular complexity index is 1820. The molecule has 51 heavy (non-hydrogen) atoms. The second-order valence-electron chi connectivity index (χ2n) is 14.6. The molecule has 6 atom stereocenters. The lowest BCUT2D eigenvalue weighted by atomic mass is 9.68. The average Bonchev–Trinajstić information content (AvgIpc) is 3.92. The van der Waals surface area contributed by atoms with Gasteiger partial charge < -0.3 is 18.9 Å². The van der Waals surface area contributed by atoms with Crippen LogP contribution in [0, 0.1) is 35.5 Å². The Morgan fingerprint density at radius 1 is 0.667 bits per heavy atom. The number of benzene rings is 4. The van der Waals surface area contributed by atoms with Gasteiger partial charge in [-0.2, -0.15) is 4.79 Å². The van der Waals surface area contributed by atoms with Gasteiger partial charge in [0.2, 0.25) is 0 Å². The highest BCUT2D eigenvalue weighted by Crippen LogP contribution is 2.62. The number of carbonyl (C=O) groups is 2. The monoisotopic (exact) mass is 688 g/mol. The molecule has 2 bridgehead atoms. The van der Waals surface area contributed by atoms with E-state index in [1.807, 2.05) is 36.4 Å². The predicted molar refractivity (Wildman–Crippen MR) is 190 cm³/mol. The van der Waals surface area contributed by atoms with E-state index in [0.29, 0.717) is 29.9 Å². The molecule has 0 radical (unpaired) electrons. The van der Waals surface area contributed by atoms with Crippen LogP contribution in [0.15, 0.2) is 97.1 Å². The summed E-state index contributed by atoms with van der Waals surface area (Å²) in [6, 6.07) is 32.8. The number of methoxy groups -OCH3 is 1. The molecule has 264 valence electrons. The molecule has 0 heterocycles. The summed E-state index contributed by atoms with van der Waals surface area (Å²) in [4.78, 5) is 34.3. The van der Waals surface area contributed by atoms with Gasteiger partial charge in [0.15, 0.2) is 5.75 Å². The van der Waals surface area contributed by atoms with Crippen molar-refractivity contribution in [3.8, 4) is 22.6 Å². The number of esters is 1. The van der Waals surface area contributed by atoms with E-state index in [1.165, 1.54) is 42.0 Å². The Balaban J connectivity index is 0.959. The normalized spacial score (nSPS) is 24.7. The van der Waals surface area contributed by atoms with Crippen molar-refractivity contribution in [2.75, 3.05) is 33.5 Å². The summed E-state index contributed by atoms with van der Waals surface area (Å²) < 4.78 is 21.9. The number of ether oxygens (including phenoxy) is 4. The minimum absolute atomic E-state index is 0.190. The Labute approximate surface area is 298 Å². The minimum atomic E-state index is -0.818. The van der Waals surface area contributed by atoms with Gasteiger partial charge in [0.1, 0.15) is 19.0 Å². The molecule has 4 aliphatic carbocycles. The molecule has 6 unspecified atom stereocenters. The Morgan fingerprint density at radius 3 is 1.94 bits per heavy atom. The van der Waals surface area contributed by atoms with Crippen molar-refractivity contribution in [2.24, 2.45) is 35.5 Å². The van der Waals surface area contributed by atoms with Crippen molar-refractivity contribution < 1.29 is 38.3 Å². The third kappa shape index (κ3) is 6.13. The van der Waals surface area contributed by atoms with E-state index in [2.05, 4.69) is 60.7 Å². The van der Waals surface area contributed by atoms with E-state index >= 15 is 0 Å². The summed E-state index contributed by atoms with van der Waals surface area (Å²) in [5.74, 6) is 4.86. The molecular weight excluding hydrogens is 644 g/mol. The number of fused-ring (bicyclic) bond motifs is 8. The molecule has 0 spiro atoms. The molecular formula is C43H44O8. The van der Waals surface area contributed by atoms with Crippen molar-refractivity contribution in [1.82, 2.24) is 0 Å². The summed E-state index contributed by atoms with van der Waals surface area (Å²) >= 11 is 0. The van der Waals surface area contributed by atoms with Crippen molar-refractivity contribution in [2.45, 2.75) is 38.0 Å². The summed E-state index contributed by atoms with van der Waals surface area (Å²) in [6.45, 7) is 3.07. The van der Waals surface area contributed by atoms with Crippen molar-refractivity contribution >= 4 is 12.1 Å². The third-order valence-corrected chi connectivity index (χ3v) is 11.9. The molecule has 8 nitrogen and oxygen atoms in total. The second kappa shape index (κ2) is 14.1. The van der Waals surface area contributed by atoms with Crippen LogP contribution in [-0.2, 0) is 29.3 Å². The maximum absolute atomic E-state index is 12.6. The molecule has 4 aromatic carbocycles. The van der Waals surface area contributed by atoms with E-state index < -0.39 is 11.6 Å². The Hall–Kier alpha value is -4.82. The topological polar surface area (TPSA) is 89.5 Å². The second-order valence-corrected chi connectivity index (χ2v) is 14.6. The van der Waals surface area contributed by atoms with Crippen LogP contribution in [0.3, 0.4) is 0 Å². The highest BCUT2D eigenvalue weighted by atomic mass is 17.2. The summed E-state index contributed by atoms with van der Waals surface area (Å²) in [5, 5.41) is 0. The zero-order valence-corrected chi connectivity index (χ0v) is 29.1. The standard InChI is InChI=1S/C43H44O8/c1-27(44)47-19-20-48-33-15-11-31(12-16-33)43(40-9-5-3-7-35(40)36-8-4-6-10-41(36)43)32-13-17-34(18-14-32)50-51-42(45)49-25-28-21-37-29-23-30(26-46-2)38(24-29)39(37)22-28/h3-18,28-30,37-39H,19-26H2,1-2H3. The van der Waals surface area contributed by atoms with Gasteiger partial charge in [0.05, 0.1) is 12.0 Å². The fourth-order valence-corrected chi connectivity index (χ4v) is 10.1. The summed E-state index contributed by atoms with van der Waals surface area (Å²) in [5.41, 5.74) is 6.17. The van der Waals surface area contributed by atoms with Crippen LogP contribution in [0.1, 0.15) is 54.9 Å². The van der Waals surface area contributed by atoms with Gasteiger partial charge in [-0.15, -0.1) is 0 Å². The third-order valence-electron chi connectivity index (χ3n) is 11.9. The van der Waals surface area contributed by atoms with Crippen LogP contribution in [-0.4, -0.2) is 45.7 Å². The smallest absolute Gasteiger partial charge is 0.490 e. The Morgan fingerprint density at radius 2 is 1.29 bits per heavy atom. The molecule has 0 aromatic heterocycles. The number of hydrogen-bond donors (Lipinski definition) is 0. The molecule has 0 N–H and O–H groups in total. The van der Waals surface area contributed by atoms with Gasteiger partial charge in [-0.1, -0.05) is 72.8 Å². The quantitative estimate of drug-likeness (QED) is 0.0559. The largest absolute Gasteiger partial charge is 0.549 e. The van der Waals surface area contributed by atoms with E-state index in [-0.39, 0.29) is 19.2 Å². The van der Waals surface area contributed by atoms with E-state index in [1.54, 1.807) is 7.11 Å². The maximum Gasteiger partial charge on any atom is 0.549 e. The first-order valence-corrected chi connectivity index (χ1v) is 18.1. The lowest BCUT2D eigenvalue weighted by Gasteiger charge is -2.34. The minimum Gasteiger partial charge on any atom is -0.490 e. The van der Waals surface area contributed by atoms with Crippen LogP contribution in [0.25, 0.3) is 11.1 Å². The molecule has 8 rings (SSSR count). The van der Waals surface area contributed by atoms with Gasteiger partial charge in [-0.25, -0.2) is 4.89 Å². The van der Waals surface area contributed by atoms with Crippen LogP contribution in [0.2, 0.25) is 0 Å². The van der Waals surface area contributed by atoms with Crippen LogP contribution >= 0.6 is 0 Å². The van der Waals surface area contributed by atoms with Crippen LogP contribution in [0.4, 0.5) is 4.79 Å². The van der Waals surface area contributed by atoms with Crippen molar-refractivity contribution in [1.29, 1.82) is 0 Å². The molecule has 0 aliphatic heterocycles. The van der Waals surface area contributed by atoms with E-state index in [4.69, 9.17) is 28.7 Å². The predicted octanol–water partition coefficient (Wildman–Crippen LogP) is 8.38. The van der Waals surface area contributed by atoms with Crippen molar-refractivity contribution in [3.63, 3.8) is 0 Å². The zero-order valence-electron chi connectivity index (χ0n) is 29.1. The number of hydrogen-bond acceptors (Lipinski definition) is 8. The summed E-state index contributed by atoms with van der Waals surface area (Å²) in [7, 11) is 1.80. The molecule has 4 aliphatic rings. The lowest BCUT2D eigenvalue weighted by molar-refractivity contribution is -0.169. The molecule has 3 fully saturated rings. The van der Waals surface area contributed by atoms with E-state index in [9.17, 15) is 9.59 Å². The summed E-state index contributed by atoms with van der Waals surface area (Å²) in [6.07, 6.45) is 4.04. The fraction of sp³-hybridized carbons (Fsp3) is 0.395. The molecule has 4 aromatic rings. The van der Waals surface area contributed by atoms with Gasteiger partial charge in [-0.05, 0) is 119 Å². The van der Waals surface area contributed by atoms with Crippen LogP contribution < -0.4 is 9.62 Å². The average molecular weight is 689 g/mol. The van der Waals surface area contributed by atoms with Crippen LogP contribution in [0.5, 0.6) is 11.5 Å². The number of rotatable bonds is 12. The molecule has 0 amide bonds. The van der Waals surface area contributed by atoms with Gasteiger partial charge in [0.25, 0.3) is 0 Å². The van der Waals surface area contributed by atoms with E-state index in [0.717, 1.165) is 54.2 Å². The first-order valence-electron chi connectivity index (χ1n) is 18.1. The van der Waals surface area contributed by atoms with Gasteiger partial charge >= 0.3 is 12.1 Å². The highest BCUT2D eigenvalue weighted by molar-refractivity contribution is 5.86. The fourth-order valence-electron chi connectivity index (χ4n) is 10.1. The van der Waals surface area contributed by atoms with Crippen molar-refractivity contribution in [3.05, 3.63) is 119 Å². The maximum atomic E-state index is 12.6. The lowest BCUT2D eigenvalue weighted by Crippen LogP contribution is -2.28. The zero-order chi connectivity index (χ0) is 35.0. The SMILES string of the molecule is COCC1CC2CC1C1CC(COC(=O)OOc3ccc(C4(c5ccc(OCCOC(C)=O)cc5)c5ccccc5-c5ccccc54)cc3)CC21. The highest BCUT2D eigenvalue weighted by Gasteiger charge is 2.55. The van der Waals surface area contributed by atoms with Gasteiger partial charge in [-0.3, -0.25) is 9.68 Å². The Kier molecular flexibility index (Phi) is 9.19. The van der Waals surface area contributed by atoms with Gasteiger partial charge in [0, 0.05) is 20.6 Å². The molecule has 3 saturated carbocycles. The first-order chi connectivity index (χ1) is 24.9.